The van der Waals surface area contributed by atoms with Crippen LogP contribution in [0, 0.1) is 21.8 Å². The van der Waals surface area contributed by atoms with Crippen LogP contribution in [0.25, 0.3) is 11.4 Å². The monoisotopic (exact) mass is 312 g/mol. The van der Waals surface area contributed by atoms with E-state index in [9.17, 15) is 14.5 Å². The standard InChI is InChI=1S/C13H14ClFN4O2/c1-8(2)7-18-12(6-14)16-17-13(18)9-3-10(15)5-11(4-9)19(20)21/h3-5,8H,6-7H2,1-2H3. The summed E-state index contributed by atoms with van der Waals surface area (Å²) in [6.07, 6.45) is 0. The number of nitro benzene ring substituents is 1. The topological polar surface area (TPSA) is 73.8 Å². The van der Waals surface area contributed by atoms with Crippen LogP contribution in [0.5, 0.6) is 0 Å². The molecule has 2 rings (SSSR count). The van der Waals surface area contributed by atoms with Crippen molar-refractivity contribution >= 4 is 17.3 Å². The first kappa shape index (κ1) is 15.4. The Morgan fingerprint density at radius 3 is 2.67 bits per heavy atom. The largest absolute Gasteiger partial charge is 0.310 e. The van der Waals surface area contributed by atoms with Gasteiger partial charge in [0.05, 0.1) is 16.9 Å². The average molecular weight is 313 g/mol. The third-order valence-corrected chi connectivity index (χ3v) is 3.09. The predicted molar refractivity (Wildman–Crippen MR) is 76.5 cm³/mol. The van der Waals surface area contributed by atoms with Crippen molar-refractivity contribution in [2.75, 3.05) is 0 Å². The summed E-state index contributed by atoms with van der Waals surface area (Å²) in [5.41, 5.74) is -0.0114. The Hall–Kier alpha value is -2.02. The lowest BCUT2D eigenvalue weighted by atomic mass is 10.1. The maximum Gasteiger partial charge on any atom is 0.273 e. The molecule has 8 heteroatoms. The molecule has 0 saturated heterocycles. The molecular formula is C13H14ClFN4O2. The highest BCUT2D eigenvalue weighted by molar-refractivity contribution is 6.16. The van der Waals surface area contributed by atoms with E-state index in [4.69, 9.17) is 11.6 Å². The van der Waals surface area contributed by atoms with Gasteiger partial charge in [-0.3, -0.25) is 10.1 Å². The van der Waals surface area contributed by atoms with Crippen molar-refractivity contribution in [3.63, 3.8) is 0 Å². The number of hydrogen-bond acceptors (Lipinski definition) is 4. The van der Waals surface area contributed by atoms with E-state index < -0.39 is 10.7 Å². The first-order valence-electron chi connectivity index (χ1n) is 6.35. The van der Waals surface area contributed by atoms with Crippen LogP contribution in [0.1, 0.15) is 19.7 Å². The van der Waals surface area contributed by atoms with Gasteiger partial charge in [-0.15, -0.1) is 21.8 Å². The fraction of sp³-hybridized carbons (Fsp3) is 0.385. The summed E-state index contributed by atoms with van der Waals surface area (Å²) < 4.78 is 15.3. The summed E-state index contributed by atoms with van der Waals surface area (Å²) in [5, 5.41) is 18.8. The van der Waals surface area contributed by atoms with Crippen LogP contribution in [0.4, 0.5) is 10.1 Å². The minimum Gasteiger partial charge on any atom is -0.310 e. The molecule has 0 bridgehead atoms. The Morgan fingerprint density at radius 1 is 1.38 bits per heavy atom. The fourth-order valence-corrected chi connectivity index (χ4v) is 2.21. The minimum atomic E-state index is -0.689. The lowest BCUT2D eigenvalue weighted by Crippen LogP contribution is -2.09. The number of alkyl halides is 1. The molecule has 2 aromatic rings. The summed E-state index contributed by atoms with van der Waals surface area (Å²) >= 11 is 5.82. The van der Waals surface area contributed by atoms with Gasteiger partial charge < -0.3 is 4.57 Å². The molecular weight excluding hydrogens is 299 g/mol. The van der Waals surface area contributed by atoms with Gasteiger partial charge in [-0.1, -0.05) is 13.8 Å². The second-order valence-electron chi connectivity index (χ2n) is 5.03. The van der Waals surface area contributed by atoms with Gasteiger partial charge >= 0.3 is 0 Å². The maximum atomic E-state index is 13.6. The van der Waals surface area contributed by atoms with E-state index in [0.29, 0.717) is 29.7 Å². The molecule has 21 heavy (non-hydrogen) atoms. The Labute approximate surface area is 125 Å². The normalized spacial score (nSPS) is 11.1. The van der Waals surface area contributed by atoms with E-state index in [1.165, 1.54) is 12.1 Å². The van der Waals surface area contributed by atoms with Crippen molar-refractivity contribution in [1.29, 1.82) is 0 Å². The van der Waals surface area contributed by atoms with Gasteiger partial charge in [0.1, 0.15) is 11.6 Å². The number of hydrogen-bond donors (Lipinski definition) is 0. The van der Waals surface area contributed by atoms with E-state index in [-0.39, 0.29) is 11.6 Å². The van der Waals surface area contributed by atoms with Crippen molar-refractivity contribution in [2.45, 2.75) is 26.3 Å². The van der Waals surface area contributed by atoms with Crippen molar-refractivity contribution in [3.05, 3.63) is 40.0 Å². The van der Waals surface area contributed by atoms with Gasteiger partial charge in [-0.25, -0.2) is 4.39 Å². The molecule has 0 amide bonds. The second kappa shape index (κ2) is 6.17. The molecule has 1 aromatic heterocycles. The highest BCUT2D eigenvalue weighted by Crippen LogP contribution is 2.26. The molecule has 6 nitrogen and oxygen atoms in total. The fourth-order valence-electron chi connectivity index (χ4n) is 2.01. The molecule has 0 atom stereocenters. The van der Waals surface area contributed by atoms with E-state index in [1.54, 1.807) is 4.57 Å². The zero-order valence-electron chi connectivity index (χ0n) is 11.6. The molecule has 0 aliphatic rings. The zero-order chi connectivity index (χ0) is 15.6. The van der Waals surface area contributed by atoms with E-state index >= 15 is 0 Å². The van der Waals surface area contributed by atoms with Crippen molar-refractivity contribution < 1.29 is 9.31 Å². The third kappa shape index (κ3) is 3.36. The zero-order valence-corrected chi connectivity index (χ0v) is 12.3. The van der Waals surface area contributed by atoms with Gasteiger partial charge in [0, 0.05) is 18.2 Å². The summed E-state index contributed by atoms with van der Waals surface area (Å²) in [6.45, 7) is 4.61. The lowest BCUT2D eigenvalue weighted by Gasteiger charge is -2.11. The highest BCUT2D eigenvalue weighted by Gasteiger charge is 2.18. The first-order valence-corrected chi connectivity index (χ1v) is 6.89. The molecule has 0 N–H and O–H groups in total. The van der Waals surface area contributed by atoms with Crippen LogP contribution in [-0.4, -0.2) is 19.7 Å². The van der Waals surface area contributed by atoms with Gasteiger partial charge in [0.2, 0.25) is 0 Å². The lowest BCUT2D eigenvalue weighted by molar-refractivity contribution is -0.385. The minimum absolute atomic E-state index is 0.164. The van der Waals surface area contributed by atoms with Gasteiger partial charge in [-0.2, -0.15) is 0 Å². The maximum absolute atomic E-state index is 13.6. The number of nitrogens with zero attached hydrogens (tertiary/aromatic N) is 4. The molecule has 0 fully saturated rings. The summed E-state index contributed by atoms with van der Waals surface area (Å²) in [7, 11) is 0. The van der Waals surface area contributed by atoms with Crippen molar-refractivity contribution in [1.82, 2.24) is 14.8 Å². The Bertz CT molecular complexity index is 672. The number of benzene rings is 1. The number of nitro groups is 1. The number of aromatic nitrogens is 3. The van der Waals surface area contributed by atoms with Crippen LogP contribution in [0.3, 0.4) is 0 Å². The number of rotatable bonds is 5. The highest BCUT2D eigenvalue weighted by atomic mass is 35.5. The third-order valence-electron chi connectivity index (χ3n) is 2.85. The van der Waals surface area contributed by atoms with Crippen LogP contribution >= 0.6 is 11.6 Å². The quantitative estimate of drug-likeness (QED) is 0.482. The van der Waals surface area contributed by atoms with Crippen molar-refractivity contribution in [2.24, 2.45) is 5.92 Å². The smallest absolute Gasteiger partial charge is 0.273 e. The Kier molecular flexibility index (Phi) is 4.52. The molecule has 0 saturated carbocycles. The molecule has 0 aliphatic heterocycles. The SMILES string of the molecule is CC(C)Cn1c(CCl)nnc1-c1cc(F)cc([N+](=O)[O-])c1. The molecule has 1 heterocycles. The first-order chi connectivity index (χ1) is 9.92. The molecule has 0 radical (unpaired) electrons. The molecule has 1 aromatic carbocycles. The molecule has 0 aliphatic carbocycles. The van der Waals surface area contributed by atoms with E-state index in [1.807, 2.05) is 13.8 Å². The Morgan fingerprint density at radius 2 is 2.10 bits per heavy atom. The predicted octanol–water partition coefficient (Wildman–Crippen LogP) is 3.39. The van der Waals surface area contributed by atoms with E-state index in [0.717, 1.165) is 6.07 Å². The van der Waals surface area contributed by atoms with Crippen LogP contribution < -0.4 is 0 Å². The summed E-state index contributed by atoms with van der Waals surface area (Å²) in [6, 6.07) is 3.35. The van der Waals surface area contributed by atoms with Gasteiger partial charge in [0.25, 0.3) is 5.69 Å². The van der Waals surface area contributed by atoms with Crippen LogP contribution in [-0.2, 0) is 12.4 Å². The molecule has 112 valence electrons. The van der Waals surface area contributed by atoms with Crippen LogP contribution in [0.15, 0.2) is 18.2 Å². The van der Waals surface area contributed by atoms with E-state index in [2.05, 4.69) is 10.2 Å². The van der Waals surface area contributed by atoms with Gasteiger partial charge in [-0.05, 0) is 12.0 Å². The number of halogens is 2. The molecule has 0 unspecified atom stereocenters. The summed E-state index contributed by atoms with van der Waals surface area (Å²) in [4.78, 5) is 10.2. The molecule has 0 spiro atoms. The second-order valence-corrected chi connectivity index (χ2v) is 5.30. The summed E-state index contributed by atoms with van der Waals surface area (Å²) in [5.74, 6) is 0.696. The Balaban J connectivity index is 2.56. The van der Waals surface area contributed by atoms with Crippen LogP contribution in [0.2, 0.25) is 0 Å². The number of non-ortho nitro benzene ring substituents is 1. The average Bonchev–Trinajstić information content (AvgIpc) is 2.80. The van der Waals surface area contributed by atoms with Crippen molar-refractivity contribution in [3.8, 4) is 11.4 Å². The van der Waals surface area contributed by atoms with Gasteiger partial charge in [0.15, 0.2) is 5.82 Å².